The van der Waals surface area contributed by atoms with Crippen molar-refractivity contribution in [2.75, 3.05) is 11.5 Å². The maximum atomic E-state index is 9.76. The SMILES string of the molecule is CCCCCSC(O)C(O)C(O)SCCCCC. The topological polar surface area (TPSA) is 60.7 Å². The predicted octanol–water partition coefficient (Wildman–Crippen LogP) is 2.83. The third-order valence-corrected chi connectivity index (χ3v) is 4.95. The fraction of sp³-hybridized carbons (Fsp3) is 1.00. The van der Waals surface area contributed by atoms with Gasteiger partial charge >= 0.3 is 0 Å². The van der Waals surface area contributed by atoms with Crippen molar-refractivity contribution in [2.24, 2.45) is 0 Å². The number of thioether (sulfide) groups is 2. The number of rotatable bonds is 12. The highest BCUT2D eigenvalue weighted by Crippen LogP contribution is 2.22. The van der Waals surface area contributed by atoms with Crippen LogP contribution >= 0.6 is 23.5 Å². The van der Waals surface area contributed by atoms with Crippen LogP contribution in [-0.2, 0) is 0 Å². The Labute approximate surface area is 120 Å². The van der Waals surface area contributed by atoms with Crippen LogP contribution in [0, 0.1) is 0 Å². The summed E-state index contributed by atoms with van der Waals surface area (Å²) in [6, 6.07) is 0. The molecule has 0 bridgehead atoms. The van der Waals surface area contributed by atoms with E-state index in [1.54, 1.807) is 0 Å². The fourth-order valence-electron chi connectivity index (χ4n) is 1.45. The summed E-state index contributed by atoms with van der Waals surface area (Å²) in [5.41, 5.74) is -1.76. The standard InChI is InChI=1S/C13H28O3S2/c1-3-5-7-9-17-12(15)11(14)13(16)18-10-8-6-4-2/h11-16H,3-10H2,1-2H3. The molecule has 110 valence electrons. The average molecular weight is 296 g/mol. The monoisotopic (exact) mass is 296 g/mol. The second-order valence-electron chi connectivity index (χ2n) is 4.43. The summed E-state index contributed by atoms with van der Waals surface area (Å²) in [4.78, 5) is 0. The molecule has 2 atom stereocenters. The molecule has 0 spiro atoms. The smallest absolute Gasteiger partial charge is 0.129 e. The van der Waals surface area contributed by atoms with Gasteiger partial charge in [0.05, 0.1) is 0 Å². The van der Waals surface area contributed by atoms with Crippen molar-refractivity contribution >= 4 is 23.5 Å². The molecule has 0 saturated carbocycles. The molecular weight excluding hydrogens is 268 g/mol. The van der Waals surface area contributed by atoms with Gasteiger partial charge in [-0.25, -0.2) is 0 Å². The Bertz CT molecular complexity index is 164. The summed E-state index contributed by atoms with van der Waals surface area (Å²) < 4.78 is 0. The molecule has 3 nitrogen and oxygen atoms in total. The van der Waals surface area contributed by atoms with E-state index in [1.807, 2.05) is 0 Å². The first-order chi connectivity index (χ1) is 8.63. The first-order valence-corrected chi connectivity index (χ1v) is 9.00. The summed E-state index contributed by atoms with van der Waals surface area (Å²) in [7, 11) is 0. The molecule has 0 rings (SSSR count). The lowest BCUT2D eigenvalue weighted by Gasteiger charge is -2.22. The molecule has 0 aromatic rings. The molecule has 0 amide bonds. The Morgan fingerprint density at radius 3 is 1.44 bits per heavy atom. The fourth-order valence-corrected chi connectivity index (χ4v) is 3.47. The molecule has 0 saturated heterocycles. The van der Waals surface area contributed by atoms with Gasteiger partial charge in [0.15, 0.2) is 0 Å². The van der Waals surface area contributed by atoms with Crippen LogP contribution in [0.4, 0.5) is 0 Å². The van der Waals surface area contributed by atoms with Crippen molar-refractivity contribution in [3.63, 3.8) is 0 Å². The van der Waals surface area contributed by atoms with Crippen LogP contribution in [0.3, 0.4) is 0 Å². The van der Waals surface area contributed by atoms with Crippen molar-refractivity contribution in [1.29, 1.82) is 0 Å². The van der Waals surface area contributed by atoms with Crippen molar-refractivity contribution in [1.82, 2.24) is 0 Å². The highest BCUT2D eigenvalue weighted by molar-refractivity contribution is 8.00. The Balaban J connectivity index is 3.65. The maximum Gasteiger partial charge on any atom is 0.129 e. The van der Waals surface area contributed by atoms with Gasteiger partial charge in [-0.1, -0.05) is 39.5 Å². The molecule has 0 fully saturated rings. The van der Waals surface area contributed by atoms with Crippen molar-refractivity contribution in [3.05, 3.63) is 0 Å². The Hall–Kier alpha value is 0.580. The zero-order valence-electron chi connectivity index (χ0n) is 11.5. The Morgan fingerprint density at radius 1 is 0.722 bits per heavy atom. The van der Waals surface area contributed by atoms with Gasteiger partial charge in [-0.3, -0.25) is 0 Å². The third-order valence-electron chi connectivity index (χ3n) is 2.66. The minimum atomic E-state index is -1.05. The van der Waals surface area contributed by atoms with Crippen LogP contribution in [0.1, 0.15) is 52.4 Å². The number of unbranched alkanes of at least 4 members (excludes halogenated alkanes) is 4. The van der Waals surface area contributed by atoms with Gasteiger partial charge in [0, 0.05) is 0 Å². The number of hydrogen-bond acceptors (Lipinski definition) is 5. The first-order valence-electron chi connectivity index (χ1n) is 6.90. The maximum absolute atomic E-state index is 9.76. The minimum Gasteiger partial charge on any atom is -0.386 e. The molecule has 0 aliphatic carbocycles. The van der Waals surface area contributed by atoms with E-state index in [0.29, 0.717) is 0 Å². The molecule has 0 radical (unpaired) electrons. The summed E-state index contributed by atoms with van der Waals surface area (Å²) in [5, 5.41) is 29.2. The zero-order chi connectivity index (χ0) is 13.8. The summed E-state index contributed by atoms with van der Waals surface area (Å²) in [6.07, 6.45) is 5.62. The highest BCUT2D eigenvalue weighted by atomic mass is 32.2. The summed E-state index contributed by atoms with van der Waals surface area (Å²) in [6.45, 7) is 4.26. The van der Waals surface area contributed by atoms with Gasteiger partial charge in [0.2, 0.25) is 0 Å². The molecule has 0 aromatic carbocycles. The summed E-state index contributed by atoms with van der Waals surface area (Å²) in [5.74, 6) is 1.67. The van der Waals surface area contributed by atoms with Gasteiger partial charge in [0.1, 0.15) is 17.0 Å². The molecule has 0 aromatic heterocycles. The molecular formula is C13H28O3S2. The number of hydrogen-bond donors (Lipinski definition) is 3. The van der Waals surface area contributed by atoms with Gasteiger partial charge in [-0.05, 0) is 24.3 Å². The Kier molecular flexibility index (Phi) is 13.0. The van der Waals surface area contributed by atoms with E-state index in [2.05, 4.69) is 13.8 Å². The van der Waals surface area contributed by atoms with E-state index in [0.717, 1.165) is 50.0 Å². The molecule has 18 heavy (non-hydrogen) atoms. The lowest BCUT2D eigenvalue weighted by Crippen LogP contribution is -2.33. The van der Waals surface area contributed by atoms with E-state index >= 15 is 0 Å². The van der Waals surface area contributed by atoms with Gasteiger partial charge < -0.3 is 15.3 Å². The van der Waals surface area contributed by atoms with Crippen LogP contribution < -0.4 is 0 Å². The van der Waals surface area contributed by atoms with E-state index in [4.69, 9.17) is 0 Å². The summed E-state index contributed by atoms with van der Waals surface area (Å²) >= 11 is 2.66. The predicted molar refractivity (Wildman–Crippen MR) is 82.0 cm³/mol. The van der Waals surface area contributed by atoms with E-state index < -0.39 is 17.0 Å². The van der Waals surface area contributed by atoms with Gasteiger partial charge in [0.25, 0.3) is 0 Å². The highest BCUT2D eigenvalue weighted by Gasteiger charge is 2.24. The molecule has 3 N–H and O–H groups in total. The normalized spacial score (nSPS) is 16.5. The molecule has 0 heterocycles. The molecule has 0 aliphatic rings. The number of aliphatic hydroxyl groups excluding tert-OH is 3. The Morgan fingerprint density at radius 2 is 1.11 bits per heavy atom. The van der Waals surface area contributed by atoms with Crippen molar-refractivity contribution in [3.8, 4) is 0 Å². The van der Waals surface area contributed by atoms with Gasteiger partial charge in [-0.2, -0.15) is 0 Å². The number of aliphatic hydroxyl groups is 3. The largest absolute Gasteiger partial charge is 0.386 e. The molecule has 0 aliphatic heterocycles. The van der Waals surface area contributed by atoms with Crippen molar-refractivity contribution < 1.29 is 15.3 Å². The van der Waals surface area contributed by atoms with Crippen LogP contribution in [0.5, 0.6) is 0 Å². The second-order valence-corrected chi connectivity index (χ2v) is 6.88. The third kappa shape index (κ3) is 9.50. The van der Waals surface area contributed by atoms with Crippen LogP contribution in [0.15, 0.2) is 0 Å². The molecule has 2 unspecified atom stereocenters. The minimum absolute atomic E-state index is 0.833. The van der Waals surface area contributed by atoms with Crippen molar-refractivity contribution in [2.45, 2.75) is 69.3 Å². The van der Waals surface area contributed by atoms with E-state index in [1.165, 1.54) is 23.5 Å². The van der Waals surface area contributed by atoms with Crippen LogP contribution in [-0.4, -0.2) is 43.8 Å². The average Bonchev–Trinajstić information content (AvgIpc) is 2.38. The second kappa shape index (κ2) is 12.6. The lowest BCUT2D eigenvalue weighted by molar-refractivity contribution is 0.0130. The lowest BCUT2D eigenvalue weighted by atomic mass is 10.3. The van der Waals surface area contributed by atoms with E-state index in [9.17, 15) is 15.3 Å². The quantitative estimate of drug-likeness (QED) is 0.382. The molecule has 5 heteroatoms. The zero-order valence-corrected chi connectivity index (χ0v) is 13.2. The first kappa shape index (κ1) is 18.6. The van der Waals surface area contributed by atoms with Gasteiger partial charge in [-0.15, -0.1) is 23.5 Å². The van der Waals surface area contributed by atoms with E-state index in [-0.39, 0.29) is 0 Å². The van der Waals surface area contributed by atoms with Crippen LogP contribution in [0.25, 0.3) is 0 Å². The van der Waals surface area contributed by atoms with Crippen LogP contribution in [0.2, 0.25) is 0 Å².